The number of carbonyl (C=O) groups is 1. The molecule has 0 saturated carbocycles. The fourth-order valence-corrected chi connectivity index (χ4v) is 3.26. The van der Waals surface area contributed by atoms with E-state index in [-0.39, 0.29) is 11.8 Å². The Bertz CT molecular complexity index is 979. The first kappa shape index (κ1) is 16.3. The number of nitrogens with one attached hydrogen (secondary N) is 2. The van der Waals surface area contributed by atoms with E-state index in [4.69, 9.17) is 0 Å². The summed E-state index contributed by atoms with van der Waals surface area (Å²) in [5.41, 5.74) is 3.99. The van der Waals surface area contributed by atoms with E-state index in [0.717, 1.165) is 28.6 Å². The van der Waals surface area contributed by atoms with E-state index in [1.165, 1.54) is 17.7 Å². The maximum atomic E-state index is 13.2. The summed E-state index contributed by atoms with van der Waals surface area (Å²) in [6.07, 6.45) is 6.61. The molecule has 0 spiro atoms. The average Bonchev–Trinajstić information content (AvgIpc) is 3.10. The van der Waals surface area contributed by atoms with Crippen LogP contribution in [0.1, 0.15) is 17.5 Å². The zero-order valence-electron chi connectivity index (χ0n) is 14.2. The highest BCUT2D eigenvalue weighted by Crippen LogP contribution is 2.28. The molecule has 6 heteroatoms. The molecule has 2 amide bonds. The van der Waals surface area contributed by atoms with Gasteiger partial charge in [0.05, 0.1) is 0 Å². The van der Waals surface area contributed by atoms with Gasteiger partial charge in [-0.2, -0.15) is 0 Å². The van der Waals surface area contributed by atoms with Crippen molar-refractivity contribution < 1.29 is 9.18 Å². The summed E-state index contributed by atoms with van der Waals surface area (Å²) in [4.78, 5) is 21.6. The van der Waals surface area contributed by atoms with Gasteiger partial charge < -0.3 is 15.2 Å². The molecule has 26 heavy (non-hydrogen) atoms. The van der Waals surface area contributed by atoms with Gasteiger partial charge in [0.25, 0.3) is 0 Å². The molecule has 0 fully saturated rings. The number of benzene rings is 1. The fourth-order valence-electron chi connectivity index (χ4n) is 3.26. The first-order valence-corrected chi connectivity index (χ1v) is 8.59. The summed E-state index contributed by atoms with van der Waals surface area (Å²) in [5, 5.41) is 3.95. The first-order valence-electron chi connectivity index (χ1n) is 8.59. The number of hydrogen-bond acceptors (Lipinski definition) is 2. The molecule has 3 heterocycles. The van der Waals surface area contributed by atoms with Crippen LogP contribution in [0.5, 0.6) is 0 Å². The smallest absolute Gasteiger partial charge is 0.317 e. The average molecular weight is 350 g/mol. The molecule has 0 radical (unpaired) electrons. The number of carbonyl (C=O) groups excluding carboxylic acids is 1. The summed E-state index contributed by atoms with van der Waals surface area (Å²) in [7, 11) is 0. The zero-order chi connectivity index (χ0) is 17.9. The summed E-state index contributed by atoms with van der Waals surface area (Å²) in [5.74, 6) is -0.296. The molecule has 1 aliphatic heterocycles. The number of pyridine rings is 1. The predicted molar refractivity (Wildman–Crippen MR) is 98.9 cm³/mol. The van der Waals surface area contributed by atoms with Crippen molar-refractivity contribution in [3.05, 3.63) is 71.8 Å². The number of amides is 2. The standard InChI is InChI=1S/C20H19FN4O/c21-16-4-1-3-14(11-16)12-24-20(26)25-9-6-15(7-10-25)18-13-23-19-17(18)5-2-8-22-19/h1-6,8,11,13H,7,9-10,12H2,(H,22,23)(H,24,26). The van der Waals surface area contributed by atoms with E-state index < -0.39 is 0 Å². The lowest BCUT2D eigenvalue weighted by Crippen LogP contribution is -2.41. The van der Waals surface area contributed by atoms with Crippen molar-refractivity contribution in [3.63, 3.8) is 0 Å². The molecule has 132 valence electrons. The fraction of sp³-hybridized carbons (Fsp3) is 0.200. The Morgan fingerprint density at radius 1 is 1.31 bits per heavy atom. The molecule has 3 aromatic rings. The van der Waals surface area contributed by atoms with Gasteiger partial charge >= 0.3 is 6.03 Å². The van der Waals surface area contributed by atoms with Crippen molar-refractivity contribution in [1.82, 2.24) is 20.2 Å². The molecule has 0 atom stereocenters. The van der Waals surface area contributed by atoms with Gasteiger partial charge in [0.1, 0.15) is 11.5 Å². The summed E-state index contributed by atoms with van der Waals surface area (Å²) < 4.78 is 13.2. The third-order valence-corrected chi connectivity index (χ3v) is 4.63. The van der Waals surface area contributed by atoms with Crippen molar-refractivity contribution >= 4 is 22.6 Å². The van der Waals surface area contributed by atoms with Gasteiger partial charge in [0.15, 0.2) is 0 Å². The van der Waals surface area contributed by atoms with Crippen molar-refractivity contribution in [2.24, 2.45) is 0 Å². The van der Waals surface area contributed by atoms with Gasteiger partial charge in [0.2, 0.25) is 0 Å². The quantitative estimate of drug-likeness (QED) is 0.757. The van der Waals surface area contributed by atoms with Crippen LogP contribution in [0.25, 0.3) is 16.6 Å². The second-order valence-corrected chi connectivity index (χ2v) is 6.32. The molecule has 4 rings (SSSR count). The minimum Gasteiger partial charge on any atom is -0.346 e. The Hall–Kier alpha value is -3.15. The molecule has 5 nitrogen and oxygen atoms in total. The Morgan fingerprint density at radius 3 is 3.04 bits per heavy atom. The molecule has 0 bridgehead atoms. The number of H-pyrrole nitrogens is 1. The number of hydrogen-bond donors (Lipinski definition) is 2. The first-order chi connectivity index (χ1) is 12.7. The van der Waals surface area contributed by atoms with Crippen LogP contribution in [-0.2, 0) is 6.54 Å². The van der Waals surface area contributed by atoms with Crippen molar-refractivity contribution in [2.75, 3.05) is 13.1 Å². The van der Waals surface area contributed by atoms with Gasteiger partial charge in [-0.1, -0.05) is 18.2 Å². The molecule has 0 unspecified atom stereocenters. The van der Waals surface area contributed by atoms with Crippen LogP contribution in [0, 0.1) is 5.82 Å². The van der Waals surface area contributed by atoms with Gasteiger partial charge in [-0.15, -0.1) is 0 Å². The second-order valence-electron chi connectivity index (χ2n) is 6.32. The molecular weight excluding hydrogens is 331 g/mol. The predicted octanol–water partition coefficient (Wildman–Crippen LogP) is 3.70. The molecule has 0 saturated heterocycles. The molecule has 0 aliphatic carbocycles. The molecular formula is C20H19FN4O. The summed E-state index contributed by atoms with van der Waals surface area (Å²) >= 11 is 0. The van der Waals surface area contributed by atoms with Gasteiger partial charge in [0, 0.05) is 43.0 Å². The van der Waals surface area contributed by atoms with E-state index >= 15 is 0 Å². The van der Waals surface area contributed by atoms with E-state index in [2.05, 4.69) is 21.4 Å². The highest BCUT2D eigenvalue weighted by molar-refractivity contribution is 5.91. The number of aromatic nitrogens is 2. The van der Waals surface area contributed by atoms with Crippen LogP contribution in [-0.4, -0.2) is 34.0 Å². The van der Waals surface area contributed by atoms with E-state index in [0.29, 0.717) is 19.6 Å². The maximum absolute atomic E-state index is 13.2. The third-order valence-electron chi connectivity index (χ3n) is 4.63. The SMILES string of the molecule is O=C(NCc1cccc(F)c1)N1CC=C(c2c[nH]c3ncccc23)CC1. The topological polar surface area (TPSA) is 61.0 Å². The number of aromatic amines is 1. The largest absolute Gasteiger partial charge is 0.346 e. The lowest BCUT2D eigenvalue weighted by molar-refractivity contribution is 0.202. The minimum atomic E-state index is -0.296. The lowest BCUT2D eigenvalue weighted by atomic mass is 10.00. The second kappa shape index (κ2) is 7.00. The molecule has 1 aliphatic rings. The van der Waals surface area contributed by atoms with Crippen LogP contribution in [0.3, 0.4) is 0 Å². The van der Waals surface area contributed by atoms with Gasteiger partial charge in [-0.25, -0.2) is 14.2 Å². The minimum absolute atomic E-state index is 0.134. The number of rotatable bonds is 3. The van der Waals surface area contributed by atoms with Crippen LogP contribution in [0.2, 0.25) is 0 Å². The number of nitrogens with zero attached hydrogens (tertiary/aromatic N) is 2. The van der Waals surface area contributed by atoms with Crippen LogP contribution in [0.15, 0.2) is 54.9 Å². The van der Waals surface area contributed by atoms with Crippen molar-refractivity contribution in [3.8, 4) is 0 Å². The monoisotopic (exact) mass is 350 g/mol. The van der Waals surface area contributed by atoms with Crippen LogP contribution in [0.4, 0.5) is 9.18 Å². The Kier molecular flexibility index (Phi) is 4.39. The Morgan fingerprint density at radius 2 is 2.23 bits per heavy atom. The van der Waals surface area contributed by atoms with E-state index in [9.17, 15) is 9.18 Å². The van der Waals surface area contributed by atoms with Gasteiger partial charge in [-0.05, 0) is 41.8 Å². The zero-order valence-corrected chi connectivity index (χ0v) is 14.2. The Labute approximate surface area is 150 Å². The van der Waals surface area contributed by atoms with E-state index in [1.54, 1.807) is 23.2 Å². The van der Waals surface area contributed by atoms with Crippen molar-refractivity contribution in [2.45, 2.75) is 13.0 Å². The lowest BCUT2D eigenvalue weighted by Gasteiger charge is -2.26. The maximum Gasteiger partial charge on any atom is 0.317 e. The van der Waals surface area contributed by atoms with Crippen LogP contribution < -0.4 is 5.32 Å². The highest BCUT2D eigenvalue weighted by atomic mass is 19.1. The number of urea groups is 1. The number of halogens is 1. The van der Waals surface area contributed by atoms with E-state index in [1.807, 2.05) is 18.3 Å². The third kappa shape index (κ3) is 3.31. The number of fused-ring (bicyclic) bond motifs is 1. The molecule has 1 aromatic carbocycles. The molecule has 2 N–H and O–H groups in total. The molecule has 2 aromatic heterocycles. The Balaban J connectivity index is 1.40. The summed E-state index contributed by atoms with van der Waals surface area (Å²) in [6, 6.07) is 10.1. The van der Waals surface area contributed by atoms with Gasteiger partial charge in [-0.3, -0.25) is 0 Å². The summed E-state index contributed by atoms with van der Waals surface area (Å²) in [6.45, 7) is 1.52. The van der Waals surface area contributed by atoms with Crippen LogP contribution >= 0.6 is 0 Å². The van der Waals surface area contributed by atoms with Crippen molar-refractivity contribution in [1.29, 1.82) is 0 Å². The highest BCUT2D eigenvalue weighted by Gasteiger charge is 2.19. The normalized spacial score (nSPS) is 14.3.